The summed E-state index contributed by atoms with van der Waals surface area (Å²) in [7, 11) is 0. The number of para-hydroxylation sites is 10. The van der Waals surface area contributed by atoms with E-state index in [2.05, 4.69) is 571 Å². The normalized spacial score (nSPS) is 11.6. The van der Waals surface area contributed by atoms with Crippen LogP contribution in [0.4, 0.5) is 34.1 Å². The standard InChI is InChI=1S/C142H92N4O2/c1-2-26-93(27-3-1)94-52-54-95(55-53-94)98-64-77-109(78-65-98)143(110-79-66-99(67-80-110)96-56-60-102(61-57-96)117-31-8-16-44-133(117)145-135-46-18-10-34-121(135)122-35-11-19-47-136(122)145)114-87-74-105(75-88-114)132-91-106(76-89-120(132)128-41-25-43-130-126-39-15-23-51-140(126)148-142(128)130)108-90-107-28-4-5-30-116(107)131(92-108)104-72-85-113(86-73-104)144(112-83-70-101(71-84-112)115-29-6-7-33-119(115)127-40-24-42-129-125-38-14-22-50-139(125)147-141(127)129)111-81-68-100(69-82-111)97-58-62-103(63-59-97)118-32-9-17-45-134(118)146-137-48-20-12-36-123(137)124-37-13-21-49-138(124)146/h1-92H. The first-order valence-corrected chi connectivity index (χ1v) is 50.7. The van der Waals surface area contributed by atoms with Gasteiger partial charge in [0.15, 0.2) is 0 Å². The highest BCUT2D eigenvalue weighted by atomic mass is 16.3. The van der Waals surface area contributed by atoms with Crippen LogP contribution in [0.3, 0.4) is 0 Å². The maximum absolute atomic E-state index is 6.95. The first-order chi connectivity index (χ1) is 73.4. The second kappa shape index (κ2) is 36.4. The number of nitrogens with zero attached hydrogens (tertiary/aromatic N) is 4. The Labute approximate surface area is 857 Å². The Bertz CT molecular complexity index is 9870. The highest BCUT2D eigenvalue weighted by Gasteiger charge is 2.26. The molecule has 0 N–H and O–H groups in total. The predicted octanol–water partition coefficient (Wildman–Crippen LogP) is 39.8. The Hall–Kier alpha value is -19.7. The van der Waals surface area contributed by atoms with Gasteiger partial charge in [0.2, 0.25) is 0 Å². The summed E-state index contributed by atoms with van der Waals surface area (Å²) in [6.45, 7) is 0. The first-order valence-electron chi connectivity index (χ1n) is 50.7. The molecule has 0 atom stereocenters. The van der Waals surface area contributed by atoms with Crippen LogP contribution in [0, 0.1) is 0 Å². The molecule has 4 heterocycles. The van der Waals surface area contributed by atoms with Crippen molar-refractivity contribution in [1.29, 1.82) is 0 Å². The van der Waals surface area contributed by atoms with Crippen molar-refractivity contribution in [1.82, 2.24) is 9.13 Å². The van der Waals surface area contributed by atoms with Gasteiger partial charge in [0.05, 0.1) is 33.4 Å². The van der Waals surface area contributed by atoms with Crippen LogP contribution in [-0.4, -0.2) is 9.13 Å². The van der Waals surface area contributed by atoms with E-state index in [1.807, 2.05) is 6.07 Å². The van der Waals surface area contributed by atoms with Gasteiger partial charge in [-0.2, -0.15) is 0 Å². The van der Waals surface area contributed by atoms with E-state index in [0.717, 1.165) is 211 Å². The molecule has 24 aromatic carbocycles. The molecule has 28 rings (SSSR count). The summed E-state index contributed by atoms with van der Waals surface area (Å²) in [6.07, 6.45) is 0. The maximum atomic E-state index is 6.95. The van der Waals surface area contributed by atoms with Crippen LogP contribution in [0.15, 0.2) is 567 Å². The number of hydrogen-bond acceptors (Lipinski definition) is 4. The lowest BCUT2D eigenvalue weighted by Gasteiger charge is -2.26. The lowest BCUT2D eigenvalue weighted by atomic mass is 9.88. The van der Waals surface area contributed by atoms with Crippen molar-refractivity contribution in [3.8, 4) is 145 Å². The minimum absolute atomic E-state index is 0.853. The largest absolute Gasteiger partial charge is 0.455 e. The summed E-state index contributed by atoms with van der Waals surface area (Å²) >= 11 is 0. The fourth-order valence-electron chi connectivity index (χ4n) is 22.8. The topological polar surface area (TPSA) is 42.6 Å². The molecule has 0 saturated heterocycles. The van der Waals surface area contributed by atoms with Crippen molar-refractivity contribution in [3.63, 3.8) is 0 Å². The molecule has 0 aliphatic carbocycles. The van der Waals surface area contributed by atoms with Gasteiger partial charge >= 0.3 is 0 Å². The van der Waals surface area contributed by atoms with E-state index in [4.69, 9.17) is 8.83 Å². The van der Waals surface area contributed by atoms with Gasteiger partial charge in [-0.25, -0.2) is 0 Å². The van der Waals surface area contributed by atoms with Crippen LogP contribution < -0.4 is 9.80 Å². The monoisotopic (exact) mass is 1880 g/mol. The minimum atomic E-state index is 0.853. The molecular weight excluding hydrogens is 1790 g/mol. The fourth-order valence-corrected chi connectivity index (χ4v) is 22.8. The van der Waals surface area contributed by atoms with Crippen molar-refractivity contribution in [2.45, 2.75) is 0 Å². The maximum Gasteiger partial charge on any atom is 0.143 e. The highest BCUT2D eigenvalue weighted by Crippen LogP contribution is 2.50. The minimum Gasteiger partial charge on any atom is -0.455 e. The highest BCUT2D eigenvalue weighted by molar-refractivity contribution is 6.15. The van der Waals surface area contributed by atoms with Crippen LogP contribution in [0.2, 0.25) is 0 Å². The zero-order valence-corrected chi connectivity index (χ0v) is 80.7. The molecule has 692 valence electrons. The van der Waals surface area contributed by atoms with Gasteiger partial charge in [-0.15, -0.1) is 0 Å². The average molecular weight is 1890 g/mol. The van der Waals surface area contributed by atoms with Gasteiger partial charge in [0.25, 0.3) is 0 Å². The lowest BCUT2D eigenvalue weighted by Crippen LogP contribution is -2.09. The van der Waals surface area contributed by atoms with Crippen LogP contribution in [0.25, 0.3) is 243 Å². The molecular formula is C142H92N4O2. The van der Waals surface area contributed by atoms with Crippen molar-refractivity contribution in [2.75, 3.05) is 9.80 Å². The van der Waals surface area contributed by atoms with E-state index in [1.165, 1.54) is 65.9 Å². The average Bonchev–Trinajstić information content (AvgIpc) is 1.58. The van der Waals surface area contributed by atoms with E-state index in [0.29, 0.717) is 0 Å². The molecule has 0 bridgehead atoms. The third-order valence-corrected chi connectivity index (χ3v) is 30.1. The van der Waals surface area contributed by atoms with Crippen molar-refractivity contribution in [2.24, 2.45) is 0 Å². The molecule has 4 aromatic heterocycles. The Morgan fingerprint density at radius 1 is 0.135 bits per heavy atom. The summed E-state index contributed by atoms with van der Waals surface area (Å²) < 4.78 is 18.5. The van der Waals surface area contributed by atoms with Crippen LogP contribution in [0.5, 0.6) is 0 Å². The second-order valence-electron chi connectivity index (χ2n) is 38.4. The summed E-state index contributed by atoms with van der Waals surface area (Å²) in [5, 5.41) is 11.7. The molecule has 6 nitrogen and oxygen atoms in total. The van der Waals surface area contributed by atoms with E-state index < -0.39 is 0 Å². The van der Waals surface area contributed by atoms with Crippen LogP contribution in [-0.2, 0) is 0 Å². The molecule has 28 aromatic rings. The van der Waals surface area contributed by atoms with Crippen molar-refractivity contribution in [3.05, 3.63) is 558 Å². The number of furan rings is 2. The second-order valence-corrected chi connectivity index (χ2v) is 38.4. The van der Waals surface area contributed by atoms with Gasteiger partial charge < -0.3 is 27.8 Å². The van der Waals surface area contributed by atoms with Gasteiger partial charge in [0.1, 0.15) is 22.3 Å². The number of benzene rings is 24. The van der Waals surface area contributed by atoms with E-state index in [-0.39, 0.29) is 0 Å². The van der Waals surface area contributed by atoms with Gasteiger partial charge in [-0.05, 0) is 262 Å². The Morgan fingerprint density at radius 2 is 0.392 bits per heavy atom. The molecule has 0 aliphatic rings. The summed E-state index contributed by atoms with van der Waals surface area (Å²) in [4.78, 5) is 4.77. The zero-order valence-electron chi connectivity index (χ0n) is 80.7. The van der Waals surface area contributed by atoms with Gasteiger partial charge in [-0.1, -0.05) is 419 Å². The van der Waals surface area contributed by atoms with Gasteiger partial charge in [-0.3, -0.25) is 0 Å². The number of fused-ring (bicyclic) bond motifs is 13. The van der Waals surface area contributed by atoms with Crippen molar-refractivity contribution >= 4 is 132 Å². The summed E-state index contributed by atoms with van der Waals surface area (Å²) in [5.41, 5.74) is 43.5. The van der Waals surface area contributed by atoms with Gasteiger partial charge in [0, 0.05) is 99.5 Å². The first kappa shape index (κ1) is 86.2. The third-order valence-electron chi connectivity index (χ3n) is 30.1. The van der Waals surface area contributed by atoms with Crippen molar-refractivity contribution < 1.29 is 8.83 Å². The molecule has 0 fully saturated rings. The van der Waals surface area contributed by atoms with E-state index >= 15 is 0 Å². The SMILES string of the molecule is c1ccc(-c2ccc(-c3ccc(N(c4ccc(-c5ccc(-c6ccccc6-n6c7ccccc7c7ccccc76)cc5)cc4)c4ccc(-c5cc(-c6cc(-c7ccc(N(c8ccc(-c9ccc(-c%10ccccc%10-n%10c%11ccccc%11c%11ccccc%11%10)cc9)cc8)c8ccc(-c9ccccc9-c9cccc%10c9oc9ccccc9%10)cc8)cc7)c7ccccc7c6)ccc5-c5cccc6c5oc5ccccc56)cc4)cc3)cc2)cc1. The number of aromatic nitrogens is 2. The third kappa shape index (κ3) is 15.2. The molecule has 0 amide bonds. The van der Waals surface area contributed by atoms with Crippen LogP contribution in [0.1, 0.15) is 0 Å². The molecule has 0 saturated carbocycles. The number of rotatable bonds is 20. The predicted molar refractivity (Wildman–Crippen MR) is 622 cm³/mol. The lowest BCUT2D eigenvalue weighted by molar-refractivity contribution is 0.669. The quantitative estimate of drug-likeness (QED) is 0.0763. The Morgan fingerprint density at radius 3 is 0.797 bits per heavy atom. The molecule has 0 spiro atoms. The fraction of sp³-hybridized carbons (Fsp3) is 0. The molecule has 0 aliphatic heterocycles. The smallest absolute Gasteiger partial charge is 0.143 e. The summed E-state index contributed by atoms with van der Waals surface area (Å²) in [5.74, 6) is 0. The Kier molecular flexibility index (Phi) is 21.2. The van der Waals surface area contributed by atoms with E-state index in [9.17, 15) is 0 Å². The zero-order chi connectivity index (χ0) is 97.6. The molecule has 148 heavy (non-hydrogen) atoms. The van der Waals surface area contributed by atoms with Crippen LogP contribution >= 0.6 is 0 Å². The van der Waals surface area contributed by atoms with E-state index in [1.54, 1.807) is 0 Å². The summed E-state index contributed by atoms with van der Waals surface area (Å²) in [6, 6.07) is 204. The Balaban J connectivity index is 0.528. The molecule has 0 unspecified atom stereocenters. The molecule has 6 heteroatoms. The number of hydrogen-bond donors (Lipinski definition) is 0. The molecule has 0 radical (unpaired) electrons. The number of anilines is 6.